The number of hydrogen-bond acceptors (Lipinski definition) is 5. The lowest BCUT2D eigenvalue weighted by atomic mass is 9.71. The first-order valence-electron chi connectivity index (χ1n) is 11.9. The summed E-state index contributed by atoms with van der Waals surface area (Å²) >= 11 is -2.01. The van der Waals surface area contributed by atoms with E-state index in [9.17, 15) is 8.76 Å². The van der Waals surface area contributed by atoms with Gasteiger partial charge in [-0.1, -0.05) is 13.8 Å². The van der Waals surface area contributed by atoms with Crippen molar-refractivity contribution in [3.8, 4) is 5.75 Å². The molecule has 1 aliphatic carbocycles. The first-order valence-corrected chi connectivity index (χ1v) is 13.1. The van der Waals surface area contributed by atoms with Crippen LogP contribution in [0, 0.1) is 11.8 Å². The summed E-state index contributed by atoms with van der Waals surface area (Å²) in [7, 11) is 0. The van der Waals surface area contributed by atoms with Crippen molar-refractivity contribution in [1.29, 1.82) is 0 Å². The van der Waals surface area contributed by atoms with E-state index in [0.717, 1.165) is 68.4 Å². The Morgan fingerprint density at radius 2 is 2.13 bits per heavy atom. The molecule has 4 N–H and O–H groups in total. The van der Waals surface area contributed by atoms with Crippen LogP contribution in [-0.4, -0.2) is 46.7 Å². The molecule has 4 rings (SSSR count). The minimum absolute atomic E-state index is 0.0722. The molecule has 174 valence electrons. The molecule has 1 saturated carbocycles. The third-order valence-corrected chi connectivity index (χ3v) is 8.14. The number of fused-ring (bicyclic) bond motifs is 1. The Labute approximate surface area is 188 Å². The van der Waals surface area contributed by atoms with Crippen molar-refractivity contribution >= 4 is 11.1 Å². The second kappa shape index (κ2) is 10.3. The Balaban J connectivity index is 1.62. The first kappa shape index (κ1) is 23.2. The summed E-state index contributed by atoms with van der Waals surface area (Å²) < 4.78 is 34.5. The van der Waals surface area contributed by atoms with Crippen LogP contribution in [-0.2, 0) is 22.2 Å². The van der Waals surface area contributed by atoms with Crippen molar-refractivity contribution in [3.05, 3.63) is 23.3 Å². The molecule has 2 fully saturated rings. The molecule has 0 bridgehead atoms. The van der Waals surface area contributed by atoms with Crippen molar-refractivity contribution in [2.45, 2.75) is 87.8 Å². The third kappa shape index (κ3) is 5.33. The normalized spacial score (nSPS) is 32.4. The van der Waals surface area contributed by atoms with Crippen LogP contribution in [0.5, 0.6) is 5.75 Å². The molecule has 1 aromatic carbocycles. The van der Waals surface area contributed by atoms with Crippen LogP contribution in [0.1, 0.15) is 69.4 Å². The maximum Gasteiger partial charge on any atom is 0.186 e. The van der Waals surface area contributed by atoms with Gasteiger partial charge in [-0.15, -0.1) is 0 Å². The van der Waals surface area contributed by atoms with Gasteiger partial charge in [0.1, 0.15) is 5.75 Å². The quantitative estimate of drug-likeness (QED) is 0.574. The maximum atomic E-state index is 12.0. The summed E-state index contributed by atoms with van der Waals surface area (Å²) in [6.45, 7) is 6.90. The van der Waals surface area contributed by atoms with Crippen molar-refractivity contribution in [2.24, 2.45) is 17.6 Å². The van der Waals surface area contributed by atoms with Gasteiger partial charge in [0, 0.05) is 23.6 Å². The molecule has 0 amide bonds. The van der Waals surface area contributed by atoms with Crippen LogP contribution in [0.3, 0.4) is 0 Å². The number of ether oxygens (including phenoxy) is 2. The summed E-state index contributed by atoms with van der Waals surface area (Å²) in [5, 5.41) is 3.52. The van der Waals surface area contributed by atoms with Crippen molar-refractivity contribution < 1.29 is 18.2 Å². The molecule has 1 saturated heterocycles. The predicted molar refractivity (Wildman–Crippen MR) is 123 cm³/mol. The number of aryl methyl sites for hydroxylation is 1. The fourth-order valence-corrected chi connectivity index (χ4v) is 6.02. The average Bonchev–Trinajstić information content (AvgIpc) is 2.77. The van der Waals surface area contributed by atoms with Crippen LogP contribution >= 0.6 is 0 Å². The SMILES string of the molecule is CC(C)[C@H]1CC[C@@H](OC[C@@H]2NCCC[C@@H]2N)C(c2cc(S(=O)O)cc3c2OCCC3)C1. The number of rotatable bonds is 6. The summed E-state index contributed by atoms with van der Waals surface area (Å²) in [6.07, 6.45) is 7.23. The Bertz CT molecular complexity index is 787. The van der Waals surface area contributed by atoms with Gasteiger partial charge in [0.15, 0.2) is 11.1 Å². The van der Waals surface area contributed by atoms with Gasteiger partial charge in [-0.05, 0) is 81.0 Å². The monoisotopic (exact) mass is 450 g/mol. The molecule has 3 aliphatic rings. The fraction of sp³-hybridized carbons (Fsp3) is 0.750. The number of hydrogen-bond donors (Lipinski definition) is 3. The molecule has 6 nitrogen and oxygen atoms in total. The van der Waals surface area contributed by atoms with Crippen LogP contribution < -0.4 is 15.8 Å². The van der Waals surface area contributed by atoms with Gasteiger partial charge < -0.3 is 25.1 Å². The van der Waals surface area contributed by atoms with Gasteiger partial charge in [0.25, 0.3) is 0 Å². The van der Waals surface area contributed by atoms with Crippen molar-refractivity contribution in [2.75, 3.05) is 19.8 Å². The molecule has 1 aromatic rings. The molecule has 7 heteroatoms. The molecule has 2 aliphatic heterocycles. The van der Waals surface area contributed by atoms with Gasteiger partial charge in [-0.2, -0.15) is 0 Å². The Morgan fingerprint density at radius 3 is 2.87 bits per heavy atom. The minimum atomic E-state index is -2.01. The van der Waals surface area contributed by atoms with E-state index < -0.39 is 11.1 Å². The Kier molecular flexibility index (Phi) is 7.70. The summed E-state index contributed by atoms with van der Waals surface area (Å²) in [4.78, 5) is 0.473. The van der Waals surface area contributed by atoms with E-state index in [1.807, 2.05) is 12.1 Å². The van der Waals surface area contributed by atoms with Gasteiger partial charge in [-0.25, -0.2) is 4.21 Å². The highest BCUT2D eigenvalue weighted by Crippen LogP contribution is 2.46. The van der Waals surface area contributed by atoms with Crippen LogP contribution in [0.25, 0.3) is 0 Å². The molecule has 6 atom stereocenters. The summed E-state index contributed by atoms with van der Waals surface area (Å²) in [5.74, 6) is 2.30. The van der Waals surface area contributed by atoms with E-state index in [2.05, 4.69) is 19.2 Å². The molecule has 2 heterocycles. The standard InChI is InChI=1S/C24H38N2O4S/c1-15(2)16-7-8-23(30-14-22-21(25)6-3-9-26-22)19(12-16)20-13-18(31(27)28)11-17-5-4-10-29-24(17)20/h11,13,15-16,19,21-23,26H,3-10,12,14,25H2,1-2H3,(H,27,28)/t16-,19?,21-,22-,23+/m0/s1. The minimum Gasteiger partial charge on any atom is -0.493 e. The van der Waals surface area contributed by atoms with Crippen molar-refractivity contribution in [1.82, 2.24) is 5.32 Å². The van der Waals surface area contributed by atoms with Crippen LogP contribution in [0.4, 0.5) is 0 Å². The molecule has 0 aromatic heterocycles. The van der Waals surface area contributed by atoms with E-state index in [1.54, 1.807) is 0 Å². The summed E-state index contributed by atoms with van der Waals surface area (Å²) in [5.41, 5.74) is 8.44. The van der Waals surface area contributed by atoms with E-state index in [0.29, 0.717) is 29.9 Å². The van der Waals surface area contributed by atoms with Gasteiger partial charge in [0.05, 0.1) is 24.2 Å². The van der Waals surface area contributed by atoms with E-state index in [4.69, 9.17) is 15.2 Å². The lowest BCUT2D eigenvalue weighted by Gasteiger charge is -2.40. The largest absolute Gasteiger partial charge is 0.493 e. The number of piperidine rings is 1. The smallest absolute Gasteiger partial charge is 0.186 e. The zero-order valence-corrected chi connectivity index (χ0v) is 19.7. The second-order valence-electron chi connectivity index (χ2n) is 9.86. The van der Waals surface area contributed by atoms with Gasteiger partial charge in [0.2, 0.25) is 0 Å². The predicted octanol–water partition coefficient (Wildman–Crippen LogP) is 3.60. The van der Waals surface area contributed by atoms with Gasteiger partial charge >= 0.3 is 0 Å². The van der Waals surface area contributed by atoms with E-state index in [1.165, 1.54) is 0 Å². The molecule has 31 heavy (non-hydrogen) atoms. The van der Waals surface area contributed by atoms with Crippen LogP contribution in [0.15, 0.2) is 17.0 Å². The zero-order valence-electron chi connectivity index (χ0n) is 18.8. The molecular weight excluding hydrogens is 412 g/mol. The fourth-order valence-electron chi connectivity index (χ4n) is 5.55. The zero-order chi connectivity index (χ0) is 22.0. The van der Waals surface area contributed by atoms with Gasteiger partial charge in [-0.3, -0.25) is 0 Å². The summed E-state index contributed by atoms with van der Waals surface area (Å²) in [6, 6.07) is 4.07. The molecular formula is C24H38N2O4S. The average molecular weight is 451 g/mol. The molecule has 0 spiro atoms. The maximum absolute atomic E-state index is 12.0. The lowest BCUT2D eigenvalue weighted by molar-refractivity contribution is -0.0183. The Hall–Kier alpha value is -0.990. The lowest BCUT2D eigenvalue weighted by Crippen LogP contribution is -2.52. The Morgan fingerprint density at radius 1 is 1.29 bits per heavy atom. The highest BCUT2D eigenvalue weighted by Gasteiger charge is 2.37. The number of benzene rings is 1. The molecule has 2 unspecified atom stereocenters. The number of nitrogens with one attached hydrogen (secondary N) is 1. The second-order valence-corrected chi connectivity index (χ2v) is 10.8. The first-order chi connectivity index (χ1) is 14.9. The highest BCUT2D eigenvalue weighted by atomic mass is 32.2. The van der Waals surface area contributed by atoms with Crippen molar-refractivity contribution in [3.63, 3.8) is 0 Å². The third-order valence-electron chi connectivity index (χ3n) is 7.50. The number of nitrogens with two attached hydrogens (primary N) is 1. The van der Waals surface area contributed by atoms with Crippen LogP contribution in [0.2, 0.25) is 0 Å². The topological polar surface area (TPSA) is 93.8 Å². The van der Waals surface area contributed by atoms with E-state index in [-0.39, 0.29) is 24.1 Å². The molecule has 0 radical (unpaired) electrons. The van der Waals surface area contributed by atoms with E-state index >= 15 is 0 Å². The highest BCUT2D eigenvalue weighted by molar-refractivity contribution is 7.79.